The highest BCUT2D eigenvalue weighted by molar-refractivity contribution is 5.94. The molecule has 2 aromatic heterocycles. The molecule has 0 aliphatic rings. The first-order valence-corrected chi connectivity index (χ1v) is 5.54. The third kappa shape index (κ3) is 2.08. The van der Waals surface area contributed by atoms with E-state index in [1.54, 1.807) is 17.6 Å². The van der Waals surface area contributed by atoms with Gasteiger partial charge in [-0.3, -0.25) is 0 Å². The molecule has 17 heavy (non-hydrogen) atoms. The zero-order valence-electron chi connectivity index (χ0n) is 9.84. The van der Waals surface area contributed by atoms with Gasteiger partial charge in [-0.2, -0.15) is 5.10 Å². The first-order valence-electron chi connectivity index (χ1n) is 5.54. The summed E-state index contributed by atoms with van der Waals surface area (Å²) in [7, 11) is 0. The van der Waals surface area contributed by atoms with Crippen LogP contribution < -0.4 is 4.74 Å². The summed E-state index contributed by atoms with van der Waals surface area (Å²) in [6, 6.07) is 3.69. The van der Waals surface area contributed by atoms with Crippen LogP contribution in [0.3, 0.4) is 0 Å². The number of fused-ring (bicyclic) bond motifs is 1. The largest absolute Gasteiger partial charge is 0.491 e. The molecule has 5 nitrogen and oxygen atoms in total. The van der Waals surface area contributed by atoms with Gasteiger partial charge in [-0.15, -0.1) is 0 Å². The lowest BCUT2D eigenvalue weighted by Gasteiger charge is -2.10. The molecular weight excluding hydrogens is 220 g/mol. The van der Waals surface area contributed by atoms with Crippen LogP contribution in [0.15, 0.2) is 24.5 Å². The Bertz CT molecular complexity index is 534. The number of esters is 1. The maximum atomic E-state index is 11.8. The van der Waals surface area contributed by atoms with Crippen molar-refractivity contribution in [1.82, 2.24) is 9.61 Å². The summed E-state index contributed by atoms with van der Waals surface area (Å²) in [6.45, 7) is 4.45. The Labute approximate surface area is 99.0 Å². The van der Waals surface area contributed by atoms with Crippen molar-refractivity contribution < 1.29 is 14.3 Å². The minimum absolute atomic E-state index is 0.330. The average Bonchev–Trinajstić information content (AvgIpc) is 2.78. The van der Waals surface area contributed by atoms with Gasteiger partial charge < -0.3 is 9.47 Å². The number of aromatic nitrogens is 2. The molecule has 0 unspecified atom stereocenters. The topological polar surface area (TPSA) is 52.8 Å². The minimum Gasteiger partial charge on any atom is -0.491 e. The van der Waals surface area contributed by atoms with Crippen LogP contribution in [-0.2, 0) is 4.74 Å². The average molecular weight is 234 g/mol. The second kappa shape index (κ2) is 4.86. The smallest absolute Gasteiger partial charge is 0.343 e. The van der Waals surface area contributed by atoms with Crippen molar-refractivity contribution in [2.75, 3.05) is 13.2 Å². The van der Waals surface area contributed by atoms with E-state index in [2.05, 4.69) is 5.10 Å². The molecule has 0 amide bonds. The third-order valence-corrected chi connectivity index (χ3v) is 2.30. The van der Waals surface area contributed by atoms with Crippen molar-refractivity contribution in [2.45, 2.75) is 13.8 Å². The molecule has 2 aromatic rings. The van der Waals surface area contributed by atoms with E-state index in [4.69, 9.17) is 9.47 Å². The van der Waals surface area contributed by atoms with E-state index in [-0.39, 0.29) is 0 Å². The van der Waals surface area contributed by atoms with Crippen LogP contribution in [0.2, 0.25) is 0 Å². The van der Waals surface area contributed by atoms with Crippen molar-refractivity contribution in [3.8, 4) is 5.75 Å². The molecule has 0 radical (unpaired) electrons. The van der Waals surface area contributed by atoms with Gasteiger partial charge in [0.2, 0.25) is 0 Å². The third-order valence-electron chi connectivity index (χ3n) is 2.30. The Morgan fingerprint density at radius 3 is 2.94 bits per heavy atom. The monoisotopic (exact) mass is 234 g/mol. The highest BCUT2D eigenvalue weighted by atomic mass is 16.5. The molecule has 90 valence electrons. The molecule has 0 aromatic carbocycles. The van der Waals surface area contributed by atoms with Gasteiger partial charge in [0, 0.05) is 6.20 Å². The normalized spacial score (nSPS) is 10.5. The second-order valence-corrected chi connectivity index (χ2v) is 3.38. The fraction of sp³-hybridized carbons (Fsp3) is 0.333. The van der Waals surface area contributed by atoms with Crippen molar-refractivity contribution >= 4 is 11.5 Å². The molecule has 2 rings (SSSR count). The molecule has 0 bridgehead atoms. The Kier molecular flexibility index (Phi) is 3.27. The molecule has 0 atom stereocenters. The van der Waals surface area contributed by atoms with Gasteiger partial charge in [0.25, 0.3) is 0 Å². The van der Waals surface area contributed by atoms with Crippen LogP contribution in [0.25, 0.3) is 5.52 Å². The highest BCUT2D eigenvalue weighted by Crippen LogP contribution is 2.25. The molecular formula is C12H14N2O3. The number of ether oxygens (including phenoxy) is 2. The molecule has 0 fully saturated rings. The van der Waals surface area contributed by atoms with Crippen LogP contribution >= 0.6 is 0 Å². The molecule has 5 heteroatoms. The van der Waals surface area contributed by atoms with Crippen LogP contribution in [0, 0.1) is 0 Å². The van der Waals surface area contributed by atoms with E-state index < -0.39 is 5.97 Å². The summed E-state index contributed by atoms with van der Waals surface area (Å²) in [6.07, 6.45) is 3.27. The Morgan fingerprint density at radius 2 is 2.24 bits per heavy atom. The fourth-order valence-electron chi connectivity index (χ4n) is 1.62. The summed E-state index contributed by atoms with van der Waals surface area (Å²) in [5.74, 6) is 0.109. The predicted molar refractivity (Wildman–Crippen MR) is 62.3 cm³/mol. The van der Waals surface area contributed by atoms with Gasteiger partial charge in [-0.1, -0.05) is 0 Å². The Balaban J connectivity index is 2.53. The molecule has 0 saturated heterocycles. The van der Waals surface area contributed by atoms with Crippen LogP contribution in [-0.4, -0.2) is 28.8 Å². The van der Waals surface area contributed by atoms with Crippen molar-refractivity contribution in [2.24, 2.45) is 0 Å². The molecule has 0 N–H and O–H groups in total. The van der Waals surface area contributed by atoms with E-state index in [1.807, 2.05) is 19.1 Å². The Hall–Kier alpha value is -2.04. The van der Waals surface area contributed by atoms with Crippen molar-refractivity contribution in [3.63, 3.8) is 0 Å². The number of carbonyl (C=O) groups excluding carboxylic acids is 1. The van der Waals surface area contributed by atoms with E-state index in [0.29, 0.717) is 24.5 Å². The van der Waals surface area contributed by atoms with Crippen molar-refractivity contribution in [1.29, 1.82) is 0 Å². The quantitative estimate of drug-likeness (QED) is 0.758. The fourth-order valence-corrected chi connectivity index (χ4v) is 1.62. The summed E-state index contributed by atoms with van der Waals surface area (Å²) < 4.78 is 12.1. The number of nitrogens with zero attached hydrogens (tertiary/aromatic N) is 2. The standard InChI is InChI=1S/C12H14N2O3/c1-3-16-11-9(12(15)17-4-2)8-13-14-7-5-6-10(11)14/h5-8H,3-4H2,1-2H3. The van der Waals surface area contributed by atoms with Crippen LogP contribution in [0.4, 0.5) is 0 Å². The lowest BCUT2D eigenvalue weighted by atomic mass is 10.2. The van der Waals surface area contributed by atoms with E-state index >= 15 is 0 Å². The summed E-state index contributed by atoms with van der Waals surface area (Å²) in [5.41, 5.74) is 1.12. The SMILES string of the molecule is CCOC(=O)c1cnn2cccc2c1OCC. The van der Waals surface area contributed by atoms with Gasteiger partial charge in [-0.25, -0.2) is 9.31 Å². The molecule has 0 aliphatic carbocycles. The highest BCUT2D eigenvalue weighted by Gasteiger charge is 2.17. The number of rotatable bonds is 4. The Morgan fingerprint density at radius 1 is 1.41 bits per heavy atom. The maximum absolute atomic E-state index is 11.8. The van der Waals surface area contributed by atoms with Gasteiger partial charge in [0.05, 0.1) is 19.4 Å². The summed E-state index contributed by atoms with van der Waals surface area (Å²) in [5, 5.41) is 4.12. The summed E-state index contributed by atoms with van der Waals surface area (Å²) >= 11 is 0. The number of hydrogen-bond acceptors (Lipinski definition) is 4. The van der Waals surface area contributed by atoms with Gasteiger partial charge in [-0.05, 0) is 26.0 Å². The zero-order valence-corrected chi connectivity index (χ0v) is 9.84. The van der Waals surface area contributed by atoms with E-state index in [1.165, 1.54) is 6.20 Å². The van der Waals surface area contributed by atoms with Crippen molar-refractivity contribution in [3.05, 3.63) is 30.1 Å². The molecule has 0 saturated carbocycles. The first kappa shape index (κ1) is 11.4. The zero-order chi connectivity index (χ0) is 12.3. The molecule has 0 aliphatic heterocycles. The first-order chi connectivity index (χ1) is 8.27. The van der Waals surface area contributed by atoms with Gasteiger partial charge in [0.1, 0.15) is 11.1 Å². The van der Waals surface area contributed by atoms with E-state index in [0.717, 1.165) is 5.52 Å². The van der Waals surface area contributed by atoms with Gasteiger partial charge >= 0.3 is 5.97 Å². The van der Waals surface area contributed by atoms with Gasteiger partial charge in [0.15, 0.2) is 5.75 Å². The maximum Gasteiger partial charge on any atom is 0.343 e. The lowest BCUT2D eigenvalue weighted by molar-refractivity contribution is 0.0521. The molecule has 0 spiro atoms. The summed E-state index contributed by atoms with van der Waals surface area (Å²) in [4.78, 5) is 11.8. The van der Waals surface area contributed by atoms with Crippen LogP contribution in [0.5, 0.6) is 5.75 Å². The van der Waals surface area contributed by atoms with E-state index in [9.17, 15) is 4.79 Å². The second-order valence-electron chi connectivity index (χ2n) is 3.38. The minimum atomic E-state index is -0.410. The number of carbonyl (C=O) groups is 1. The number of hydrogen-bond donors (Lipinski definition) is 0. The molecule has 2 heterocycles. The van der Waals surface area contributed by atoms with Crippen LogP contribution in [0.1, 0.15) is 24.2 Å². The predicted octanol–water partition coefficient (Wildman–Crippen LogP) is 1.91. The lowest BCUT2D eigenvalue weighted by Crippen LogP contribution is -2.10.